The van der Waals surface area contributed by atoms with Crippen molar-refractivity contribution in [3.8, 4) is 34.3 Å². The van der Waals surface area contributed by atoms with Gasteiger partial charge in [-0.1, -0.05) is 13.8 Å². The third-order valence-corrected chi connectivity index (χ3v) is 6.68. The van der Waals surface area contributed by atoms with Crippen LogP contribution in [0.5, 0.6) is 23.0 Å². The van der Waals surface area contributed by atoms with Crippen molar-refractivity contribution in [1.82, 2.24) is 0 Å². The fraction of sp³-hybridized carbons (Fsp3) is 0.385. The lowest BCUT2D eigenvalue weighted by Crippen LogP contribution is -2.56. The molecule has 0 spiro atoms. The van der Waals surface area contributed by atoms with Crippen molar-refractivity contribution in [3.63, 3.8) is 0 Å². The van der Waals surface area contributed by atoms with Crippen LogP contribution in [0.15, 0.2) is 39.5 Å². The third-order valence-electron chi connectivity index (χ3n) is 6.68. The number of fused-ring (bicyclic) bond motifs is 1. The molecule has 1 saturated heterocycles. The summed E-state index contributed by atoms with van der Waals surface area (Å²) in [6.07, 6.45) is -7.58. The van der Waals surface area contributed by atoms with E-state index in [1.165, 1.54) is 6.07 Å². The number of phenolic OH excluding ortho intramolecular Hbond substituents is 4. The Bertz CT molecular complexity index is 1410. The zero-order valence-electron chi connectivity index (χ0n) is 20.4. The van der Waals surface area contributed by atoms with Gasteiger partial charge in [-0.2, -0.15) is 0 Å². The van der Waals surface area contributed by atoms with Gasteiger partial charge in [-0.15, -0.1) is 0 Å². The number of carbonyl (C=O) groups is 1. The van der Waals surface area contributed by atoms with E-state index in [-0.39, 0.29) is 22.3 Å². The minimum atomic E-state index is -1.77. The Morgan fingerprint density at radius 3 is 2.34 bits per heavy atom. The molecule has 38 heavy (non-hydrogen) atoms. The summed E-state index contributed by atoms with van der Waals surface area (Å²) in [5, 5.41) is 71.5. The van der Waals surface area contributed by atoms with E-state index in [2.05, 4.69) is 0 Å². The van der Waals surface area contributed by atoms with Gasteiger partial charge in [-0.25, -0.2) is 0 Å². The van der Waals surface area contributed by atoms with Gasteiger partial charge in [0.25, 0.3) is 0 Å². The molecular formula is C26H28O12. The smallest absolute Gasteiger partial charge is 0.309 e. The molecule has 1 unspecified atom stereocenters. The minimum Gasteiger partial charge on any atom is -0.507 e. The lowest BCUT2D eigenvalue weighted by Gasteiger charge is -2.42. The molecule has 0 aliphatic carbocycles. The molecule has 1 aliphatic heterocycles. The molecule has 0 bridgehead atoms. The number of aromatic hydroxyl groups is 4. The highest BCUT2D eigenvalue weighted by molar-refractivity contribution is 5.89. The van der Waals surface area contributed by atoms with Crippen molar-refractivity contribution >= 4 is 16.9 Å². The van der Waals surface area contributed by atoms with Crippen molar-refractivity contribution in [2.75, 3.05) is 6.61 Å². The quantitative estimate of drug-likeness (QED) is 0.178. The lowest BCUT2D eigenvalue weighted by atomic mass is 9.89. The number of benzene rings is 2. The molecule has 0 amide bonds. The highest BCUT2D eigenvalue weighted by atomic mass is 16.6. The molecule has 6 atom stereocenters. The highest BCUT2D eigenvalue weighted by Crippen LogP contribution is 2.45. The van der Waals surface area contributed by atoms with Gasteiger partial charge in [-0.05, 0) is 24.6 Å². The molecule has 0 radical (unpaired) electrons. The van der Waals surface area contributed by atoms with Crippen LogP contribution in [0.2, 0.25) is 0 Å². The fourth-order valence-electron chi connectivity index (χ4n) is 4.29. The summed E-state index contributed by atoms with van der Waals surface area (Å²) in [7, 11) is 0. The Balaban J connectivity index is 1.96. The maximum Gasteiger partial charge on any atom is 0.309 e. The Labute approximate surface area is 215 Å². The van der Waals surface area contributed by atoms with Crippen molar-refractivity contribution < 1.29 is 54.4 Å². The van der Waals surface area contributed by atoms with Gasteiger partial charge in [0.15, 0.2) is 28.6 Å². The molecule has 4 rings (SSSR count). The summed E-state index contributed by atoms with van der Waals surface area (Å²) in [6, 6.07) is 5.50. The van der Waals surface area contributed by atoms with E-state index in [4.69, 9.17) is 13.9 Å². The topological polar surface area (TPSA) is 207 Å². The minimum absolute atomic E-state index is 0.132. The van der Waals surface area contributed by atoms with Crippen LogP contribution in [0.3, 0.4) is 0 Å². The number of hydrogen-bond donors (Lipinski definition) is 7. The molecule has 0 saturated carbocycles. The largest absolute Gasteiger partial charge is 0.507 e. The van der Waals surface area contributed by atoms with Crippen molar-refractivity contribution in [2.24, 2.45) is 5.92 Å². The maximum atomic E-state index is 13.0. The second kappa shape index (κ2) is 10.5. The zero-order chi connectivity index (χ0) is 27.9. The van der Waals surface area contributed by atoms with Gasteiger partial charge in [-0.3, -0.25) is 9.59 Å². The summed E-state index contributed by atoms with van der Waals surface area (Å²) in [5.74, 6) is -3.67. The maximum absolute atomic E-state index is 13.0. The number of hydrogen-bond acceptors (Lipinski definition) is 12. The van der Waals surface area contributed by atoms with Crippen LogP contribution < -0.4 is 5.43 Å². The Hall–Kier alpha value is -3.84. The molecule has 1 aromatic heterocycles. The van der Waals surface area contributed by atoms with E-state index in [0.717, 1.165) is 24.3 Å². The van der Waals surface area contributed by atoms with Gasteiger partial charge in [0, 0.05) is 17.7 Å². The molecule has 12 nitrogen and oxygen atoms in total. The van der Waals surface area contributed by atoms with E-state index >= 15 is 0 Å². The number of ether oxygens (including phenoxy) is 2. The molecule has 7 N–H and O–H groups in total. The van der Waals surface area contributed by atoms with Crippen molar-refractivity contribution in [2.45, 2.75) is 50.8 Å². The average Bonchev–Trinajstić information content (AvgIpc) is 2.88. The molecule has 2 aromatic carbocycles. The monoisotopic (exact) mass is 532 g/mol. The average molecular weight is 532 g/mol. The fourth-order valence-corrected chi connectivity index (χ4v) is 4.29. The molecular weight excluding hydrogens is 504 g/mol. The van der Waals surface area contributed by atoms with E-state index in [9.17, 15) is 45.3 Å². The lowest BCUT2D eigenvalue weighted by molar-refractivity contribution is -0.242. The van der Waals surface area contributed by atoms with Gasteiger partial charge in [0.1, 0.15) is 47.1 Å². The SMILES string of the molecule is CCC(C)C(=O)O[C@@H]1[C@@H](O)[C@H](O)[C@@H](CO)O[C@H]1c1c(O)cc(O)c2c(=O)cc(-c3ccc(O)c(O)c3)oc12. The van der Waals surface area contributed by atoms with Gasteiger partial charge in [0.05, 0.1) is 18.1 Å². The second-order valence-corrected chi connectivity index (χ2v) is 9.18. The third kappa shape index (κ3) is 4.74. The molecule has 3 aromatic rings. The van der Waals surface area contributed by atoms with Crippen LogP contribution in [0.25, 0.3) is 22.3 Å². The van der Waals surface area contributed by atoms with Crippen LogP contribution in [0.1, 0.15) is 31.9 Å². The number of phenols is 4. The number of esters is 1. The second-order valence-electron chi connectivity index (χ2n) is 9.18. The van der Waals surface area contributed by atoms with Gasteiger partial charge >= 0.3 is 5.97 Å². The first-order chi connectivity index (χ1) is 18.0. The Morgan fingerprint density at radius 2 is 1.71 bits per heavy atom. The number of rotatable bonds is 6. The Kier molecular flexibility index (Phi) is 7.51. The van der Waals surface area contributed by atoms with Crippen LogP contribution in [0, 0.1) is 5.92 Å². The molecule has 1 aliphatic rings. The van der Waals surface area contributed by atoms with E-state index in [0.29, 0.717) is 6.42 Å². The predicted molar refractivity (Wildman–Crippen MR) is 131 cm³/mol. The van der Waals surface area contributed by atoms with Crippen LogP contribution in [-0.4, -0.2) is 72.7 Å². The number of aliphatic hydroxyl groups is 3. The van der Waals surface area contributed by atoms with E-state index < -0.39 is 83.0 Å². The number of carbonyl (C=O) groups excluding carboxylic acids is 1. The summed E-state index contributed by atoms with van der Waals surface area (Å²) in [4.78, 5) is 25.7. The van der Waals surface area contributed by atoms with Crippen LogP contribution >= 0.6 is 0 Å². The summed E-state index contributed by atoms with van der Waals surface area (Å²) < 4.78 is 17.1. The van der Waals surface area contributed by atoms with Crippen LogP contribution in [0.4, 0.5) is 0 Å². The van der Waals surface area contributed by atoms with Gasteiger partial charge < -0.3 is 49.6 Å². The molecule has 204 valence electrons. The summed E-state index contributed by atoms with van der Waals surface area (Å²) in [6.45, 7) is 2.58. The zero-order valence-corrected chi connectivity index (χ0v) is 20.4. The number of aliphatic hydroxyl groups excluding tert-OH is 3. The first-order valence-corrected chi connectivity index (χ1v) is 11.9. The summed E-state index contributed by atoms with van der Waals surface area (Å²) in [5.41, 5.74) is -1.30. The highest BCUT2D eigenvalue weighted by Gasteiger charge is 2.49. The van der Waals surface area contributed by atoms with Crippen LogP contribution in [-0.2, 0) is 14.3 Å². The van der Waals surface area contributed by atoms with Gasteiger partial charge in [0.2, 0.25) is 0 Å². The first kappa shape index (κ1) is 27.2. The molecule has 12 heteroatoms. The molecule has 1 fully saturated rings. The normalized spacial score (nSPS) is 24.3. The van der Waals surface area contributed by atoms with E-state index in [1.807, 2.05) is 0 Å². The first-order valence-electron chi connectivity index (χ1n) is 11.9. The molecule has 2 heterocycles. The predicted octanol–water partition coefficient (Wildman–Crippen LogP) is 1.39. The Morgan fingerprint density at radius 1 is 1.00 bits per heavy atom. The van der Waals surface area contributed by atoms with Crippen molar-refractivity contribution in [3.05, 3.63) is 46.1 Å². The van der Waals surface area contributed by atoms with Crippen molar-refractivity contribution in [1.29, 1.82) is 0 Å². The van der Waals surface area contributed by atoms with E-state index in [1.54, 1.807) is 13.8 Å². The summed E-state index contributed by atoms with van der Waals surface area (Å²) >= 11 is 0. The standard InChI is InChI=1S/C26H28O12/c1-3-10(2)26(35)38-25-22(34)21(33)18(9-27)37-24(25)20-15(31)7-14(30)19-16(32)8-17(36-23(19)20)11-4-5-12(28)13(29)6-11/h4-8,10,18,21-22,24-25,27-31,33-34H,3,9H2,1-2H3/t10?,18-,21-,22+,24+,25-/m1/s1.